The lowest BCUT2D eigenvalue weighted by atomic mass is 9.96. The number of anilines is 1. The first kappa shape index (κ1) is 27.3. The number of ether oxygens (including phenoxy) is 2. The van der Waals surface area contributed by atoms with Crippen molar-refractivity contribution in [1.82, 2.24) is 4.57 Å². The van der Waals surface area contributed by atoms with E-state index in [1.807, 2.05) is 30.3 Å². The maximum Gasteiger partial charge on any atom is 0.356 e. The fourth-order valence-corrected chi connectivity index (χ4v) is 6.58. The number of aromatic nitrogens is 1. The second-order valence-electron chi connectivity index (χ2n) is 9.74. The van der Waals surface area contributed by atoms with Crippen LogP contribution in [0.25, 0.3) is 21.9 Å². The number of rotatable bonds is 6. The Morgan fingerprint density at radius 3 is 2.30 bits per heavy atom. The molecule has 0 unspecified atom stereocenters. The molecule has 0 saturated carbocycles. The lowest BCUT2D eigenvalue weighted by molar-refractivity contribution is -0.119. The summed E-state index contributed by atoms with van der Waals surface area (Å²) >= 11 is 1.37. The van der Waals surface area contributed by atoms with E-state index in [9.17, 15) is 19.2 Å². The normalized spacial score (nSPS) is 13.2. The first-order valence-electron chi connectivity index (χ1n) is 13.3. The Labute approximate surface area is 235 Å². The van der Waals surface area contributed by atoms with Gasteiger partial charge in [-0.05, 0) is 48.3 Å². The van der Waals surface area contributed by atoms with Crippen molar-refractivity contribution in [2.24, 2.45) is 7.05 Å². The van der Waals surface area contributed by atoms with Crippen LogP contribution in [0.3, 0.4) is 0 Å². The molecule has 40 heavy (non-hydrogen) atoms. The number of carbonyl (C=O) groups excluding carboxylic acids is 3. The summed E-state index contributed by atoms with van der Waals surface area (Å²) in [6, 6.07) is 16.4. The molecule has 5 rings (SSSR count). The smallest absolute Gasteiger partial charge is 0.356 e. The monoisotopic (exact) mass is 558 g/mol. The van der Waals surface area contributed by atoms with Crippen LogP contribution in [0.4, 0.5) is 5.00 Å². The quantitative estimate of drug-likeness (QED) is 0.313. The number of benzene rings is 2. The summed E-state index contributed by atoms with van der Waals surface area (Å²) in [5, 5.41) is 4.26. The van der Waals surface area contributed by atoms with Crippen molar-refractivity contribution in [3.8, 4) is 11.1 Å². The number of aryl methyl sites for hydroxylation is 1. The molecule has 4 aromatic rings. The van der Waals surface area contributed by atoms with E-state index >= 15 is 0 Å². The number of thiophene rings is 1. The molecule has 1 aliphatic rings. The fourth-order valence-electron chi connectivity index (χ4n) is 5.29. The number of esters is 2. The Bertz CT molecular complexity index is 1650. The van der Waals surface area contributed by atoms with E-state index in [0.717, 1.165) is 54.5 Å². The molecular weight excluding hydrogens is 528 g/mol. The number of amides is 1. The van der Waals surface area contributed by atoms with Gasteiger partial charge >= 0.3 is 11.9 Å². The molecule has 1 N–H and O–H groups in total. The minimum Gasteiger partial charge on any atom is -0.465 e. The summed E-state index contributed by atoms with van der Waals surface area (Å²) in [6.45, 7) is -0.586. The number of hydrogen-bond donors (Lipinski definition) is 1. The Morgan fingerprint density at radius 1 is 0.900 bits per heavy atom. The van der Waals surface area contributed by atoms with Gasteiger partial charge in [-0.3, -0.25) is 9.59 Å². The zero-order chi connectivity index (χ0) is 28.2. The third-order valence-electron chi connectivity index (χ3n) is 7.21. The fraction of sp³-hybridized carbons (Fsp3) is 0.290. The molecule has 1 amide bonds. The first-order chi connectivity index (χ1) is 19.4. The molecule has 2 aromatic heterocycles. The van der Waals surface area contributed by atoms with Crippen molar-refractivity contribution >= 4 is 45.0 Å². The van der Waals surface area contributed by atoms with Crippen molar-refractivity contribution in [2.75, 3.05) is 19.0 Å². The summed E-state index contributed by atoms with van der Waals surface area (Å²) in [7, 11) is 2.84. The summed E-state index contributed by atoms with van der Waals surface area (Å²) in [5.74, 6) is -1.88. The minimum atomic E-state index is -0.800. The van der Waals surface area contributed by atoms with Crippen LogP contribution in [0.1, 0.15) is 57.0 Å². The lowest BCUT2D eigenvalue weighted by Gasteiger charge is -2.16. The molecule has 9 heteroatoms. The van der Waals surface area contributed by atoms with Crippen LogP contribution in [-0.4, -0.2) is 36.1 Å². The van der Waals surface area contributed by atoms with Crippen molar-refractivity contribution in [3.05, 3.63) is 86.6 Å². The second-order valence-corrected chi connectivity index (χ2v) is 10.8. The predicted molar refractivity (Wildman–Crippen MR) is 155 cm³/mol. The average molecular weight is 559 g/mol. The maximum atomic E-state index is 13.4. The molecule has 0 bridgehead atoms. The summed E-state index contributed by atoms with van der Waals surface area (Å²) in [4.78, 5) is 53.3. The van der Waals surface area contributed by atoms with Crippen LogP contribution >= 0.6 is 11.3 Å². The highest BCUT2D eigenvalue weighted by Crippen LogP contribution is 2.37. The average Bonchev–Trinajstić information content (AvgIpc) is 3.28. The van der Waals surface area contributed by atoms with E-state index in [1.54, 1.807) is 24.3 Å². The molecule has 0 saturated heterocycles. The van der Waals surface area contributed by atoms with Crippen molar-refractivity contribution in [2.45, 2.75) is 38.5 Å². The Kier molecular flexibility index (Phi) is 8.11. The van der Waals surface area contributed by atoms with Gasteiger partial charge < -0.3 is 19.4 Å². The van der Waals surface area contributed by atoms with Gasteiger partial charge in [0.2, 0.25) is 0 Å². The van der Waals surface area contributed by atoms with Gasteiger partial charge in [-0.25, -0.2) is 9.59 Å². The Morgan fingerprint density at radius 2 is 1.57 bits per heavy atom. The van der Waals surface area contributed by atoms with Crippen LogP contribution in [0.15, 0.2) is 59.4 Å². The van der Waals surface area contributed by atoms with Crippen molar-refractivity contribution < 1.29 is 23.9 Å². The summed E-state index contributed by atoms with van der Waals surface area (Å²) in [5.41, 5.74) is 2.32. The van der Waals surface area contributed by atoms with Gasteiger partial charge in [0.05, 0.1) is 12.7 Å². The highest BCUT2D eigenvalue weighted by Gasteiger charge is 2.27. The number of hydrogen-bond acceptors (Lipinski definition) is 7. The van der Waals surface area contributed by atoms with Crippen LogP contribution in [0.2, 0.25) is 0 Å². The maximum absolute atomic E-state index is 13.4. The third-order valence-corrected chi connectivity index (χ3v) is 8.41. The SMILES string of the molecule is COC(=O)c1c(NC(=O)COC(=O)c2c(-c3ccccc3)c3ccccc3c(=O)n2C)sc2c1CCCCCC2. The standard InChI is InChI=1S/C31H30N2O6S/c1-33-27(25(19-12-6-5-7-13-19)20-14-10-11-15-21(20)29(33)35)31(37)39-18-24(34)32-28-26(30(36)38-2)22-16-8-3-4-9-17-23(22)40-28/h5-7,10-15H,3-4,8-9,16-18H2,1-2H3,(H,32,34). The second kappa shape index (κ2) is 11.9. The molecule has 0 radical (unpaired) electrons. The van der Waals surface area contributed by atoms with Crippen LogP contribution in [-0.2, 0) is 34.2 Å². The van der Waals surface area contributed by atoms with Gasteiger partial charge in [0.15, 0.2) is 6.61 Å². The zero-order valence-electron chi connectivity index (χ0n) is 22.5. The molecule has 2 heterocycles. The molecule has 0 fully saturated rings. The van der Waals surface area contributed by atoms with Crippen molar-refractivity contribution in [3.63, 3.8) is 0 Å². The molecule has 0 aliphatic heterocycles. The largest absolute Gasteiger partial charge is 0.465 e. The highest BCUT2D eigenvalue weighted by atomic mass is 32.1. The molecule has 2 aromatic carbocycles. The van der Waals surface area contributed by atoms with E-state index in [0.29, 0.717) is 26.9 Å². The van der Waals surface area contributed by atoms with E-state index in [2.05, 4.69) is 5.32 Å². The van der Waals surface area contributed by atoms with Crippen LogP contribution in [0.5, 0.6) is 0 Å². The number of nitrogens with one attached hydrogen (secondary N) is 1. The molecule has 8 nitrogen and oxygen atoms in total. The Hall–Kier alpha value is -4.24. The van der Waals surface area contributed by atoms with E-state index < -0.39 is 24.5 Å². The lowest BCUT2D eigenvalue weighted by Crippen LogP contribution is -2.28. The van der Waals surface area contributed by atoms with E-state index in [1.165, 1.54) is 30.1 Å². The first-order valence-corrected chi connectivity index (χ1v) is 14.1. The van der Waals surface area contributed by atoms with Crippen LogP contribution < -0.4 is 10.9 Å². The van der Waals surface area contributed by atoms with E-state index in [-0.39, 0.29) is 11.3 Å². The summed E-state index contributed by atoms with van der Waals surface area (Å²) < 4.78 is 11.7. The van der Waals surface area contributed by atoms with Gasteiger partial charge in [0.25, 0.3) is 11.5 Å². The minimum absolute atomic E-state index is 0.0528. The molecule has 0 atom stereocenters. The van der Waals surface area contributed by atoms with Gasteiger partial charge in [-0.1, -0.05) is 61.4 Å². The number of carbonyl (C=O) groups is 3. The van der Waals surface area contributed by atoms with Gasteiger partial charge in [-0.15, -0.1) is 11.3 Å². The number of methoxy groups -OCH3 is 1. The molecule has 0 spiro atoms. The molecular formula is C31H30N2O6S. The highest BCUT2D eigenvalue weighted by molar-refractivity contribution is 7.17. The number of nitrogens with zero attached hydrogens (tertiary/aromatic N) is 1. The van der Waals surface area contributed by atoms with Crippen LogP contribution in [0, 0.1) is 0 Å². The Balaban J connectivity index is 1.43. The van der Waals surface area contributed by atoms with Gasteiger partial charge in [-0.2, -0.15) is 0 Å². The van der Waals surface area contributed by atoms with Gasteiger partial charge in [0.1, 0.15) is 10.7 Å². The molecule has 1 aliphatic carbocycles. The number of fused-ring (bicyclic) bond motifs is 2. The molecule has 206 valence electrons. The topological polar surface area (TPSA) is 104 Å². The predicted octanol–water partition coefficient (Wildman–Crippen LogP) is 5.51. The van der Waals surface area contributed by atoms with E-state index in [4.69, 9.17) is 9.47 Å². The number of pyridine rings is 1. The summed E-state index contributed by atoms with van der Waals surface area (Å²) in [6.07, 6.45) is 5.80. The zero-order valence-corrected chi connectivity index (χ0v) is 23.3. The van der Waals surface area contributed by atoms with Gasteiger partial charge in [0, 0.05) is 22.9 Å². The third kappa shape index (κ3) is 5.29. The van der Waals surface area contributed by atoms with Crippen molar-refractivity contribution in [1.29, 1.82) is 0 Å².